The van der Waals surface area contributed by atoms with Crippen molar-refractivity contribution < 1.29 is 4.79 Å². The zero-order valence-electron chi connectivity index (χ0n) is 15.0. The summed E-state index contributed by atoms with van der Waals surface area (Å²) in [6.45, 7) is 2.48. The maximum atomic E-state index is 12.6. The highest BCUT2D eigenvalue weighted by molar-refractivity contribution is 8.26. The summed E-state index contributed by atoms with van der Waals surface area (Å²) in [6, 6.07) is 17.4. The molecule has 7 heteroatoms. The second-order valence-electron chi connectivity index (χ2n) is 6.15. The quantitative estimate of drug-likeness (QED) is 0.413. The SMILES string of the molecule is CCN1C(=O)/C(=C\c2cn(-c3ccccc3)nc2-c2ccc(Cl)cc2)SC1=S. The molecule has 0 saturated carbocycles. The summed E-state index contributed by atoms with van der Waals surface area (Å²) in [7, 11) is 0. The van der Waals surface area contributed by atoms with E-state index in [1.54, 1.807) is 4.90 Å². The third-order valence-corrected chi connectivity index (χ3v) is 5.99. The molecule has 0 aliphatic carbocycles. The van der Waals surface area contributed by atoms with Gasteiger partial charge in [0.25, 0.3) is 5.91 Å². The first kappa shape index (κ1) is 18.9. The fraction of sp³-hybridized carbons (Fsp3) is 0.0952. The summed E-state index contributed by atoms with van der Waals surface area (Å²) in [5.74, 6) is -0.0629. The number of aromatic nitrogens is 2. The molecule has 0 bridgehead atoms. The van der Waals surface area contributed by atoms with Gasteiger partial charge < -0.3 is 0 Å². The lowest BCUT2D eigenvalue weighted by Crippen LogP contribution is -2.27. The summed E-state index contributed by atoms with van der Waals surface area (Å²) in [6.07, 6.45) is 3.79. The molecule has 0 unspecified atom stereocenters. The number of hydrogen-bond donors (Lipinski definition) is 0. The number of para-hydroxylation sites is 1. The Morgan fingerprint density at radius 3 is 2.50 bits per heavy atom. The summed E-state index contributed by atoms with van der Waals surface area (Å²) < 4.78 is 2.40. The van der Waals surface area contributed by atoms with Crippen molar-refractivity contribution in [3.8, 4) is 16.9 Å². The van der Waals surface area contributed by atoms with E-state index in [2.05, 4.69) is 0 Å². The number of thioether (sulfide) groups is 1. The van der Waals surface area contributed by atoms with Gasteiger partial charge in [-0.2, -0.15) is 5.10 Å². The second-order valence-corrected chi connectivity index (χ2v) is 8.26. The molecule has 140 valence electrons. The van der Waals surface area contributed by atoms with Crippen molar-refractivity contribution in [2.75, 3.05) is 6.54 Å². The van der Waals surface area contributed by atoms with Gasteiger partial charge in [0, 0.05) is 28.9 Å². The van der Waals surface area contributed by atoms with E-state index in [0.717, 1.165) is 22.5 Å². The maximum absolute atomic E-state index is 12.6. The normalized spacial score (nSPS) is 15.6. The Bertz CT molecular complexity index is 1070. The van der Waals surface area contributed by atoms with E-state index in [-0.39, 0.29) is 5.91 Å². The minimum atomic E-state index is -0.0629. The van der Waals surface area contributed by atoms with E-state index < -0.39 is 0 Å². The zero-order valence-corrected chi connectivity index (χ0v) is 17.4. The van der Waals surface area contributed by atoms with Crippen LogP contribution in [0.5, 0.6) is 0 Å². The van der Waals surface area contributed by atoms with Crippen LogP contribution in [0.15, 0.2) is 65.7 Å². The second kappa shape index (κ2) is 7.91. The molecule has 4 nitrogen and oxygen atoms in total. The Morgan fingerprint density at radius 2 is 1.86 bits per heavy atom. The molecule has 4 rings (SSSR count). The first-order valence-corrected chi connectivity index (χ1v) is 10.3. The van der Waals surface area contributed by atoms with Crippen molar-refractivity contribution in [2.24, 2.45) is 0 Å². The highest BCUT2D eigenvalue weighted by Crippen LogP contribution is 2.34. The third kappa shape index (κ3) is 3.63. The number of hydrogen-bond acceptors (Lipinski definition) is 4. The van der Waals surface area contributed by atoms with E-state index in [1.165, 1.54) is 11.8 Å². The predicted octanol–water partition coefficient (Wildman–Crippen LogP) is 5.41. The van der Waals surface area contributed by atoms with Gasteiger partial charge >= 0.3 is 0 Å². The molecule has 0 spiro atoms. The third-order valence-electron chi connectivity index (χ3n) is 4.36. The van der Waals surface area contributed by atoms with Crippen LogP contribution in [0.1, 0.15) is 12.5 Å². The Balaban J connectivity index is 1.82. The molecule has 2 heterocycles. The summed E-state index contributed by atoms with van der Waals surface area (Å²) >= 11 is 12.7. The number of nitrogens with zero attached hydrogens (tertiary/aromatic N) is 3. The molecule has 0 radical (unpaired) electrons. The van der Waals surface area contributed by atoms with Crippen molar-refractivity contribution in [1.29, 1.82) is 0 Å². The monoisotopic (exact) mass is 425 g/mol. The molecule has 1 aliphatic heterocycles. The number of thiocarbonyl (C=S) groups is 1. The standard InChI is InChI=1S/C21H16ClN3OS2/c1-2-24-20(26)18(28-21(24)27)12-15-13-25(17-6-4-3-5-7-17)23-19(15)14-8-10-16(22)11-9-14/h3-13H,2H2,1H3/b18-12+. The van der Waals surface area contributed by atoms with Crippen LogP contribution >= 0.6 is 35.6 Å². The van der Waals surface area contributed by atoms with Crippen LogP contribution in [0.3, 0.4) is 0 Å². The van der Waals surface area contributed by atoms with Crippen LogP contribution in [0, 0.1) is 0 Å². The molecule has 2 aromatic carbocycles. The average molecular weight is 426 g/mol. The summed E-state index contributed by atoms with van der Waals surface area (Å²) in [4.78, 5) is 14.8. The Labute approximate surface area is 177 Å². The van der Waals surface area contributed by atoms with Gasteiger partial charge in [-0.1, -0.05) is 65.9 Å². The van der Waals surface area contributed by atoms with Crippen LogP contribution in [-0.4, -0.2) is 31.5 Å². The molecule has 3 aromatic rings. The molecular formula is C21H16ClN3OS2. The minimum Gasteiger partial charge on any atom is -0.293 e. The van der Waals surface area contributed by atoms with Crippen molar-refractivity contribution in [2.45, 2.75) is 6.92 Å². The number of rotatable bonds is 4. The Hall–Kier alpha value is -2.41. The van der Waals surface area contributed by atoms with Gasteiger partial charge in [-0.3, -0.25) is 9.69 Å². The van der Waals surface area contributed by atoms with E-state index in [1.807, 2.05) is 78.5 Å². The van der Waals surface area contributed by atoms with Crippen LogP contribution in [0.2, 0.25) is 5.02 Å². The Morgan fingerprint density at radius 1 is 1.14 bits per heavy atom. The van der Waals surface area contributed by atoms with E-state index in [0.29, 0.717) is 20.8 Å². The molecule has 0 atom stereocenters. The number of benzene rings is 2. The average Bonchev–Trinajstić information content (AvgIpc) is 3.24. The zero-order chi connectivity index (χ0) is 19.7. The first-order valence-electron chi connectivity index (χ1n) is 8.73. The van der Waals surface area contributed by atoms with E-state index in [4.69, 9.17) is 28.9 Å². The summed E-state index contributed by atoms with van der Waals surface area (Å²) in [5.41, 5.74) is 3.50. The van der Waals surface area contributed by atoms with Crippen molar-refractivity contribution in [3.05, 3.63) is 76.3 Å². The van der Waals surface area contributed by atoms with Crippen LogP contribution in [-0.2, 0) is 4.79 Å². The number of carbonyl (C=O) groups is 1. The highest BCUT2D eigenvalue weighted by atomic mass is 35.5. The van der Waals surface area contributed by atoms with Crippen LogP contribution in [0.25, 0.3) is 23.0 Å². The van der Waals surface area contributed by atoms with Crippen molar-refractivity contribution >= 4 is 51.9 Å². The molecule has 28 heavy (non-hydrogen) atoms. The topological polar surface area (TPSA) is 38.1 Å². The van der Waals surface area contributed by atoms with Gasteiger partial charge in [0.15, 0.2) is 0 Å². The van der Waals surface area contributed by atoms with Gasteiger partial charge in [-0.25, -0.2) is 4.68 Å². The Kier molecular flexibility index (Phi) is 5.35. The van der Waals surface area contributed by atoms with Crippen LogP contribution < -0.4 is 0 Å². The lowest BCUT2D eigenvalue weighted by Gasteiger charge is -2.09. The maximum Gasteiger partial charge on any atom is 0.266 e. The molecule has 1 amide bonds. The number of likely N-dealkylation sites (N-methyl/N-ethyl adjacent to an activating group) is 1. The van der Waals surface area contributed by atoms with E-state index >= 15 is 0 Å². The number of carbonyl (C=O) groups excluding carboxylic acids is 1. The van der Waals surface area contributed by atoms with Crippen molar-refractivity contribution in [1.82, 2.24) is 14.7 Å². The van der Waals surface area contributed by atoms with Gasteiger partial charge in [0.1, 0.15) is 4.32 Å². The van der Waals surface area contributed by atoms with Gasteiger partial charge in [0.2, 0.25) is 0 Å². The lowest BCUT2D eigenvalue weighted by atomic mass is 10.1. The first-order chi connectivity index (χ1) is 13.6. The minimum absolute atomic E-state index is 0.0629. The molecule has 1 aliphatic rings. The number of halogens is 1. The largest absolute Gasteiger partial charge is 0.293 e. The van der Waals surface area contributed by atoms with Crippen LogP contribution in [0.4, 0.5) is 0 Å². The molecule has 1 aromatic heterocycles. The molecular weight excluding hydrogens is 410 g/mol. The number of amides is 1. The molecule has 1 saturated heterocycles. The molecule has 1 fully saturated rings. The fourth-order valence-electron chi connectivity index (χ4n) is 2.95. The molecule has 0 N–H and O–H groups in total. The van der Waals surface area contributed by atoms with Gasteiger partial charge in [0.05, 0.1) is 16.3 Å². The predicted molar refractivity (Wildman–Crippen MR) is 120 cm³/mol. The van der Waals surface area contributed by atoms with Gasteiger partial charge in [-0.05, 0) is 37.3 Å². The van der Waals surface area contributed by atoms with Crippen molar-refractivity contribution in [3.63, 3.8) is 0 Å². The van der Waals surface area contributed by atoms with Gasteiger partial charge in [-0.15, -0.1) is 0 Å². The highest BCUT2D eigenvalue weighted by Gasteiger charge is 2.31. The van der Waals surface area contributed by atoms with E-state index in [9.17, 15) is 4.79 Å². The lowest BCUT2D eigenvalue weighted by molar-refractivity contribution is -0.121. The summed E-state index contributed by atoms with van der Waals surface area (Å²) in [5, 5.41) is 5.43. The fourth-order valence-corrected chi connectivity index (χ4v) is 4.45. The smallest absolute Gasteiger partial charge is 0.266 e.